The molecule has 2 heterocycles. The second-order valence-corrected chi connectivity index (χ2v) is 7.61. The van der Waals surface area contributed by atoms with Gasteiger partial charge in [0.1, 0.15) is 0 Å². The number of nitrogens with zero attached hydrogens (tertiary/aromatic N) is 2. The standard InChI is InChI=1S/C12H25N3O2S.ClH/c1-11-4-3-6-14(9-11)18(16,17)15-7-5-12(10-15)8-13-2;/h11-13H,3-10H2,1-2H3;1H. The molecule has 2 aliphatic rings. The van der Waals surface area contributed by atoms with Crippen molar-refractivity contribution in [1.29, 1.82) is 0 Å². The first-order valence-corrected chi connectivity index (χ1v) is 8.33. The lowest BCUT2D eigenvalue weighted by Crippen LogP contribution is -2.47. The maximum atomic E-state index is 12.5. The summed E-state index contributed by atoms with van der Waals surface area (Å²) in [4.78, 5) is 0. The van der Waals surface area contributed by atoms with Crippen LogP contribution in [0.4, 0.5) is 0 Å². The van der Waals surface area contributed by atoms with Crippen LogP contribution in [-0.2, 0) is 10.2 Å². The van der Waals surface area contributed by atoms with E-state index in [9.17, 15) is 8.42 Å². The SMILES string of the molecule is CNCC1CCN(S(=O)(=O)N2CCCC(C)C2)C1.Cl. The first kappa shape index (κ1) is 17.2. The molecule has 0 bridgehead atoms. The van der Waals surface area contributed by atoms with Gasteiger partial charge >= 0.3 is 0 Å². The fourth-order valence-corrected chi connectivity index (χ4v) is 4.85. The molecule has 2 fully saturated rings. The van der Waals surface area contributed by atoms with Gasteiger partial charge in [-0.2, -0.15) is 17.0 Å². The number of rotatable bonds is 4. The van der Waals surface area contributed by atoms with Gasteiger partial charge in [-0.05, 0) is 44.7 Å². The van der Waals surface area contributed by atoms with Crippen LogP contribution in [0.1, 0.15) is 26.2 Å². The van der Waals surface area contributed by atoms with Crippen molar-refractivity contribution in [3.63, 3.8) is 0 Å². The fraction of sp³-hybridized carbons (Fsp3) is 1.00. The molecule has 114 valence electrons. The van der Waals surface area contributed by atoms with Gasteiger partial charge in [-0.1, -0.05) is 6.92 Å². The predicted octanol–water partition coefficient (Wildman–Crippen LogP) is 0.926. The van der Waals surface area contributed by atoms with Gasteiger partial charge in [0.05, 0.1) is 0 Å². The molecule has 2 atom stereocenters. The van der Waals surface area contributed by atoms with Crippen molar-refractivity contribution < 1.29 is 8.42 Å². The molecular formula is C12H26ClN3O2S. The smallest absolute Gasteiger partial charge is 0.281 e. The van der Waals surface area contributed by atoms with Crippen LogP contribution in [0.2, 0.25) is 0 Å². The highest BCUT2D eigenvalue weighted by atomic mass is 35.5. The Labute approximate surface area is 123 Å². The zero-order chi connectivity index (χ0) is 13.2. The maximum absolute atomic E-state index is 12.5. The Balaban J connectivity index is 0.00000180. The lowest BCUT2D eigenvalue weighted by molar-refractivity contribution is 0.263. The largest absolute Gasteiger partial charge is 0.319 e. The Morgan fingerprint density at radius 3 is 2.47 bits per heavy atom. The number of hydrogen-bond acceptors (Lipinski definition) is 3. The lowest BCUT2D eigenvalue weighted by atomic mass is 10.0. The summed E-state index contributed by atoms with van der Waals surface area (Å²) in [6.07, 6.45) is 3.12. The molecule has 5 nitrogen and oxygen atoms in total. The maximum Gasteiger partial charge on any atom is 0.281 e. The van der Waals surface area contributed by atoms with E-state index < -0.39 is 10.2 Å². The molecule has 7 heteroatoms. The molecule has 2 unspecified atom stereocenters. The van der Waals surface area contributed by atoms with Crippen molar-refractivity contribution in [2.24, 2.45) is 11.8 Å². The average molecular weight is 312 g/mol. The van der Waals surface area contributed by atoms with Crippen LogP contribution < -0.4 is 5.32 Å². The average Bonchev–Trinajstić information content (AvgIpc) is 2.79. The normalized spacial score (nSPS) is 30.2. The van der Waals surface area contributed by atoms with Gasteiger partial charge in [0, 0.05) is 26.2 Å². The van der Waals surface area contributed by atoms with E-state index in [-0.39, 0.29) is 12.4 Å². The highest BCUT2D eigenvalue weighted by Crippen LogP contribution is 2.25. The van der Waals surface area contributed by atoms with Crippen LogP contribution in [0.5, 0.6) is 0 Å². The Morgan fingerprint density at radius 1 is 1.16 bits per heavy atom. The Bertz CT molecular complexity index is 377. The molecule has 2 aliphatic heterocycles. The molecule has 0 saturated carbocycles. The number of nitrogens with one attached hydrogen (secondary N) is 1. The van der Waals surface area contributed by atoms with E-state index in [0.717, 1.165) is 25.8 Å². The fourth-order valence-electron chi connectivity index (χ4n) is 2.98. The van der Waals surface area contributed by atoms with Crippen molar-refractivity contribution >= 4 is 22.6 Å². The molecule has 2 saturated heterocycles. The minimum Gasteiger partial charge on any atom is -0.319 e. The van der Waals surface area contributed by atoms with Gasteiger partial charge < -0.3 is 5.32 Å². The highest BCUT2D eigenvalue weighted by molar-refractivity contribution is 7.86. The summed E-state index contributed by atoms with van der Waals surface area (Å²) in [6.45, 7) is 5.78. The second kappa shape index (κ2) is 7.22. The molecule has 2 rings (SSSR count). The quantitative estimate of drug-likeness (QED) is 0.840. The van der Waals surface area contributed by atoms with Crippen LogP contribution in [0.25, 0.3) is 0 Å². The van der Waals surface area contributed by atoms with Crippen molar-refractivity contribution in [2.75, 3.05) is 39.8 Å². The predicted molar refractivity (Wildman–Crippen MR) is 79.7 cm³/mol. The van der Waals surface area contributed by atoms with Crippen molar-refractivity contribution in [3.05, 3.63) is 0 Å². The molecule has 0 aliphatic carbocycles. The Hall–Kier alpha value is 0.120. The van der Waals surface area contributed by atoms with E-state index in [1.54, 1.807) is 8.61 Å². The van der Waals surface area contributed by atoms with Crippen LogP contribution in [0, 0.1) is 11.8 Å². The van der Waals surface area contributed by atoms with Gasteiger partial charge in [0.15, 0.2) is 0 Å². The monoisotopic (exact) mass is 311 g/mol. The summed E-state index contributed by atoms with van der Waals surface area (Å²) >= 11 is 0. The van der Waals surface area contributed by atoms with E-state index in [0.29, 0.717) is 38.0 Å². The molecule has 1 N–H and O–H groups in total. The van der Waals surface area contributed by atoms with Crippen LogP contribution in [0.15, 0.2) is 0 Å². The van der Waals surface area contributed by atoms with Gasteiger partial charge in [0.2, 0.25) is 0 Å². The van der Waals surface area contributed by atoms with Gasteiger partial charge in [-0.15, -0.1) is 12.4 Å². The highest BCUT2D eigenvalue weighted by Gasteiger charge is 2.36. The number of halogens is 1. The van der Waals surface area contributed by atoms with Crippen LogP contribution >= 0.6 is 12.4 Å². The summed E-state index contributed by atoms with van der Waals surface area (Å²) in [5.74, 6) is 0.955. The van der Waals surface area contributed by atoms with Crippen molar-refractivity contribution in [3.8, 4) is 0 Å². The van der Waals surface area contributed by atoms with Crippen LogP contribution in [0.3, 0.4) is 0 Å². The summed E-state index contributed by atoms with van der Waals surface area (Å²) in [5.41, 5.74) is 0. The minimum atomic E-state index is -3.21. The molecular weight excluding hydrogens is 286 g/mol. The van der Waals surface area contributed by atoms with E-state index in [4.69, 9.17) is 0 Å². The molecule has 19 heavy (non-hydrogen) atoms. The molecule has 0 aromatic rings. The van der Waals surface area contributed by atoms with Crippen molar-refractivity contribution in [2.45, 2.75) is 26.2 Å². The van der Waals surface area contributed by atoms with E-state index in [1.165, 1.54) is 0 Å². The third kappa shape index (κ3) is 4.04. The second-order valence-electron chi connectivity index (χ2n) is 5.68. The number of piperidine rings is 1. The van der Waals surface area contributed by atoms with Gasteiger partial charge in [0.25, 0.3) is 10.2 Å². The lowest BCUT2D eigenvalue weighted by Gasteiger charge is -2.33. The van der Waals surface area contributed by atoms with Crippen LogP contribution in [-0.4, -0.2) is 56.8 Å². The molecule has 0 spiro atoms. The van der Waals surface area contributed by atoms with E-state index >= 15 is 0 Å². The molecule has 0 aromatic heterocycles. The van der Waals surface area contributed by atoms with Crippen molar-refractivity contribution in [1.82, 2.24) is 13.9 Å². The summed E-state index contributed by atoms with van der Waals surface area (Å²) in [6, 6.07) is 0. The minimum absolute atomic E-state index is 0. The summed E-state index contributed by atoms with van der Waals surface area (Å²) < 4.78 is 28.4. The molecule has 0 aromatic carbocycles. The first-order valence-electron chi connectivity index (χ1n) is 6.94. The van der Waals surface area contributed by atoms with Gasteiger partial charge in [-0.25, -0.2) is 0 Å². The Morgan fingerprint density at radius 2 is 1.84 bits per heavy atom. The summed E-state index contributed by atoms with van der Waals surface area (Å²) in [5, 5.41) is 3.13. The Kier molecular flexibility index (Phi) is 6.53. The third-order valence-electron chi connectivity index (χ3n) is 4.01. The number of hydrogen-bond donors (Lipinski definition) is 1. The first-order chi connectivity index (χ1) is 8.54. The van der Waals surface area contributed by atoms with E-state index in [1.807, 2.05) is 7.05 Å². The zero-order valence-corrected chi connectivity index (χ0v) is 13.5. The molecule has 0 radical (unpaired) electrons. The van der Waals surface area contributed by atoms with E-state index in [2.05, 4.69) is 12.2 Å². The third-order valence-corrected chi connectivity index (χ3v) is 5.98. The summed E-state index contributed by atoms with van der Waals surface area (Å²) in [7, 11) is -1.29. The molecule has 0 amide bonds. The topological polar surface area (TPSA) is 52.7 Å². The van der Waals surface area contributed by atoms with Gasteiger partial charge in [-0.3, -0.25) is 0 Å². The zero-order valence-electron chi connectivity index (χ0n) is 11.8.